The van der Waals surface area contributed by atoms with Crippen molar-refractivity contribution in [3.8, 4) is 6.07 Å². The van der Waals surface area contributed by atoms with E-state index in [-0.39, 0.29) is 15.7 Å². The molecule has 0 aliphatic heterocycles. The molecule has 0 radical (unpaired) electrons. The summed E-state index contributed by atoms with van der Waals surface area (Å²) in [6.45, 7) is 0. The molecule has 0 N–H and O–H groups in total. The molecular weight excluding hydrogens is 342 g/mol. The van der Waals surface area contributed by atoms with Crippen LogP contribution in [-0.2, 0) is 9.84 Å². The number of nitriles is 1. The smallest absolute Gasteiger partial charge is 0.202 e. The SMILES string of the molecule is N#CC1=CC[C@@]23C=C(S(=O)(=O)c4ccc(Cl)cc4)C[C@@]12CCCC3. The molecule has 124 valence electrons. The van der Waals surface area contributed by atoms with Crippen molar-refractivity contribution in [3.05, 3.63) is 51.9 Å². The Bertz CT molecular complexity index is 908. The fourth-order valence-electron chi connectivity index (χ4n) is 4.91. The van der Waals surface area contributed by atoms with Crippen LogP contribution in [0.15, 0.2) is 51.8 Å². The summed E-state index contributed by atoms with van der Waals surface area (Å²) in [6.07, 6.45) is 9.29. The molecule has 0 spiro atoms. The van der Waals surface area contributed by atoms with Crippen LogP contribution in [0, 0.1) is 22.2 Å². The maximum atomic E-state index is 13.1. The molecule has 0 heterocycles. The van der Waals surface area contributed by atoms with Crippen molar-refractivity contribution in [2.45, 2.75) is 43.4 Å². The van der Waals surface area contributed by atoms with Gasteiger partial charge in [0.25, 0.3) is 0 Å². The van der Waals surface area contributed by atoms with E-state index in [1.807, 2.05) is 12.2 Å². The van der Waals surface area contributed by atoms with Crippen LogP contribution in [0.1, 0.15) is 38.5 Å². The second kappa shape index (κ2) is 5.21. The number of nitrogens with zero attached hydrogens (tertiary/aromatic N) is 1. The molecule has 0 aromatic heterocycles. The van der Waals surface area contributed by atoms with E-state index < -0.39 is 9.84 Å². The summed E-state index contributed by atoms with van der Waals surface area (Å²) in [5.74, 6) is 0. The summed E-state index contributed by atoms with van der Waals surface area (Å²) >= 11 is 5.88. The first-order valence-electron chi connectivity index (χ1n) is 8.27. The van der Waals surface area contributed by atoms with Crippen molar-refractivity contribution < 1.29 is 8.42 Å². The number of hydrogen-bond donors (Lipinski definition) is 0. The molecule has 5 heteroatoms. The summed E-state index contributed by atoms with van der Waals surface area (Å²) in [5.41, 5.74) is 0.319. The molecule has 3 aliphatic rings. The Morgan fingerprint density at radius 1 is 1.12 bits per heavy atom. The van der Waals surface area contributed by atoms with Crippen molar-refractivity contribution in [2.24, 2.45) is 10.8 Å². The third-order valence-corrected chi connectivity index (χ3v) is 8.22. The minimum absolute atomic E-state index is 0.175. The van der Waals surface area contributed by atoms with Crippen LogP contribution in [0.2, 0.25) is 5.02 Å². The summed E-state index contributed by atoms with van der Waals surface area (Å²) in [6, 6.07) is 8.69. The van der Waals surface area contributed by atoms with E-state index in [0.29, 0.717) is 16.3 Å². The van der Waals surface area contributed by atoms with E-state index in [2.05, 4.69) is 6.07 Å². The van der Waals surface area contributed by atoms with Crippen LogP contribution in [0.25, 0.3) is 0 Å². The largest absolute Gasteiger partial charge is 0.219 e. The van der Waals surface area contributed by atoms with Crippen LogP contribution < -0.4 is 0 Å². The summed E-state index contributed by atoms with van der Waals surface area (Å²) in [5, 5.41) is 10.1. The van der Waals surface area contributed by atoms with Gasteiger partial charge in [-0.25, -0.2) is 8.42 Å². The Labute approximate surface area is 147 Å². The molecule has 3 aliphatic carbocycles. The molecule has 0 saturated heterocycles. The molecule has 1 aromatic rings. The van der Waals surface area contributed by atoms with Crippen molar-refractivity contribution in [1.29, 1.82) is 5.26 Å². The second-order valence-electron chi connectivity index (χ2n) is 7.12. The molecule has 3 nitrogen and oxygen atoms in total. The van der Waals surface area contributed by atoms with E-state index in [1.54, 1.807) is 24.3 Å². The van der Waals surface area contributed by atoms with Crippen LogP contribution in [0.5, 0.6) is 0 Å². The molecule has 1 saturated carbocycles. The highest BCUT2D eigenvalue weighted by atomic mass is 35.5. The average Bonchev–Trinajstić information content (AvgIpc) is 3.07. The summed E-state index contributed by atoms with van der Waals surface area (Å²) in [7, 11) is -3.53. The van der Waals surface area contributed by atoms with Gasteiger partial charge in [0.05, 0.1) is 11.0 Å². The predicted molar refractivity (Wildman–Crippen MR) is 93.0 cm³/mol. The zero-order chi connectivity index (χ0) is 17.0. The lowest BCUT2D eigenvalue weighted by atomic mass is 9.57. The van der Waals surface area contributed by atoms with Crippen molar-refractivity contribution in [2.75, 3.05) is 0 Å². The van der Waals surface area contributed by atoms with Crippen LogP contribution in [-0.4, -0.2) is 8.42 Å². The number of hydrogen-bond acceptors (Lipinski definition) is 3. The first kappa shape index (κ1) is 15.9. The summed E-state index contributed by atoms with van der Waals surface area (Å²) in [4.78, 5) is 0.762. The Morgan fingerprint density at radius 3 is 2.54 bits per heavy atom. The van der Waals surface area contributed by atoms with Crippen LogP contribution in [0.3, 0.4) is 0 Å². The molecule has 0 unspecified atom stereocenters. The maximum absolute atomic E-state index is 13.1. The van der Waals surface area contributed by atoms with Crippen molar-refractivity contribution in [1.82, 2.24) is 0 Å². The fourth-order valence-corrected chi connectivity index (χ4v) is 6.65. The van der Waals surface area contributed by atoms with Gasteiger partial charge in [0.2, 0.25) is 9.84 Å². The molecule has 2 atom stereocenters. The Balaban J connectivity index is 1.80. The third-order valence-electron chi connectivity index (χ3n) is 6.12. The number of rotatable bonds is 2. The topological polar surface area (TPSA) is 57.9 Å². The normalized spacial score (nSPS) is 31.7. The lowest BCUT2D eigenvalue weighted by Crippen LogP contribution is -2.38. The van der Waals surface area contributed by atoms with E-state index >= 15 is 0 Å². The zero-order valence-electron chi connectivity index (χ0n) is 13.3. The predicted octanol–water partition coefficient (Wildman–Crippen LogP) is 4.80. The van der Waals surface area contributed by atoms with Gasteiger partial charge in [0.15, 0.2) is 0 Å². The number of benzene rings is 1. The zero-order valence-corrected chi connectivity index (χ0v) is 14.8. The van der Waals surface area contributed by atoms with E-state index in [0.717, 1.165) is 37.7 Å². The minimum Gasteiger partial charge on any atom is -0.219 e. The monoisotopic (exact) mass is 359 g/mol. The lowest BCUT2D eigenvalue weighted by molar-refractivity contribution is 0.104. The van der Waals surface area contributed by atoms with Crippen molar-refractivity contribution >= 4 is 21.4 Å². The van der Waals surface area contributed by atoms with Gasteiger partial charge in [-0.2, -0.15) is 5.26 Å². The Kier molecular flexibility index (Phi) is 3.46. The van der Waals surface area contributed by atoms with Gasteiger partial charge in [-0.3, -0.25) is 0 Å². The first-order valence-corrected chi connectivity index (χ1v) is 10.1. The highest BCUT2D eigenvalue weighted by molar-refractivity contribution is 7.95. The molecular formula is C19H18ClNO2S. The Hall–Kier alpha value is -1.57. The quantitative estimate of drug-likeness (QED) is 0.761. The number of allylic oxidation sites excluding steroid dienone is 4. The Morgan fingerprint density at radius 2 is 1.83 bits per heavy atom. The number of sulfone groups is 1. The molecule has 24 heavy (non-hydrogen) atoms. The molecule has 0 bridgehead atoms. The first-order chi connectivity index (χ1) is 11.4. The van der Waals surface area contributed by atoms with Crippen molar-refractivity contribution in [3.63, 3.8) is 0 Å². The standard InChI is InChI=1S/C19H18ClNO2S/c20-15-3-5-16(6-4-15)24(22,23)17-11-18-8-1-2-9-19(18,12-17)14(13-21)7-10-18/h3-7,11H,1-2,8-10,12H2/t18-,19-/m0/s1. The maximum Gasteiger partial charge on any atom is 0.202 e. The lowest BCUT2D eigenvalue weighted by Gasteiger charge is -2.45. The summed E-state index contributed by atoms with van der Waals surface area (Å²) < 4.78 is 26.2. The molecule has 1 fully saturated rings. The van der Waals surface area contributed by atoms with Gasteiger partial charge in [-0.1, -0.05) is 36.6 Å². The second-order valence-corrected chi connectivity index (χ2v) is 9.56. The highest BCUT2D eigenvalue weighted by Gasteiger charge is 2.61. The van der Waals surface area contributed by atoms with Crippen LogP contribution >= 0.6 is 11.6 Å². The van der Waals surface area contributed by atoms with E-state index in [1.165, 1.54) is 0 Å². The third kappa shape index (κ3) is 1.98. The molecule has 4 rings (SSSR count). The highest BCUT2D eigenvalue weighted by Crippen LogP contribution is 2.68. The number of halogens is 1. The minimum atomic E-state index is -3.53. The average molecular weight is 360 g/mol. The van der Waals surface area contributed by atoms with Gasteiger partial charge in [-0.15, -0.1) is 0 Å². The van der Waals surface area contributed by atoms with Gasteiger partial charge in [-0.05, 0) is 49.9 Å². The molecule has 1 aromatic carbocycles. The van der Waals surface area contributed by atoms with Gasteiger partial charge in [0, 0.05) is 26.3 Å². The van der Waals surface area contributed by atoms with E-state index in [9.17, 15) is 13.7 Å². The van der Waals surface area contributed by atoms with Gasteiger partial charge < -0.3 is 0 Å². The van der Waals surface area contributed by atoms with Crippen LogP contribution in [0.4, 0.5) is 0 Å². The van der Waals surface area contributed by atoms with E-state index in [4.69, 9.17) is 11.6 Å². The van der Waals surface area contributed by atoms with Gasteiger partial charge in [0.1, 0.15) is 0 Å². The molecule has 0 amide bonds. The fraction of sp³-hybridized carbons (Fsp3) is 0.421. The van der Waals surface area contributed by atoms with Gasteiger partial charge >= 0.3 is 0 Å².